The van der Waals surface area contributed by atoms with E-state index in [0.717, 1.165) is 37.2 Å². The van der Waals surface area contributed by atoms with Gasteiger partial charge < -0.3 is 5.32 Å². The van der Waals surface area contributed by atoms with Gasteiger partial charge in [-0.2, -0.15) is 18.3 Å². The Balaban J connectivity index is 1.28. The molecule has 2 unspecified atom stereocenters. The number of piperidine rings is 1. The van der Waals surface area contributed by atoms with E-state index in [0.29, 0.717) is 17.0 Å². The van der Waals surface area contributed by atoms with Gasteiger partial charge in [0.15, 0.2) is 11.8 Å². The Kier molecular flexibility index (Phi) is 7.08. The molecule has 36 heavy (non-hydrogen) atoms. The Morgan fingerprint density at radius 2 is 1.75 bits per heavy atom. The third-order valence-electron chi connectivity index (χ3n) is 7.24. The number of benzene rings is 2. The minimum atomic E-state index is -4.49. The number of alkyl halides is 3. The highest BCUT2D eigenvalue weighted by Gasteiger charge is 2.47. The third kappa shape index (κ3) is 5.44. The summed E-state index contributed by atoms with van der Waals surface area (Å²) in [5.74, 6) is 0.187. The van der Waals surface area contributed by atoms with Gasteiger partial charge in [0.05, 0.1) is 17.8 Å². The van der Waals surface area contributed by atoms with Crippen LogP contribution in [-0.4, -0.2) is 39.7 Å². The fraction of sp³-hybridized carbons (Fsp3) is 0.407. The van der Waals surface area contributed by atoms with Crippen molar-refractivity contribution in [1.29, 1.82) is 0 Å². The molecule has 0 aliphatic carbocycles. The number of Topliss-reactive ketones (excluding diaryl/α,β-unsaturated/α-hetero) is 1. The quantitative estimate of drug-likeness (QED) is 0.371. The van der Waals surface area contributed by atoms with E-state index in [1.165, 1.54) is 11.8 Å². The van der Waals surface area contributed by atoms with E-state index in [2.05, 4.69) is 27.4 Å². The first-order chi connectivity index (χ1) is 17.3. The summed E-state index contributed by atoms with van der Waals surface area (Å²) in [6, 6.07) is 14.6. The van der Waals surface area contributed by atoms with Crippen molar-refractivity contribution in [3.8, 4) is 0 Å². The van der Waals surface area contributed by atoms with Gasteiger partial charge in [-0.3, -0.25) is 9.69 Å². The highest BCUT2D eigenvalue weighted by molar-refractivity contribution is 6.30. The summed E-state index contributed by atoms with van der Waals surface area (Å²) in [5, 5.41) is 7.68. The number of nitrogens with one attached hydrogen (secondary N) is 1. The molecule has 2 atom stereocenters. The summed E-state index contributed by atoms with van der Waals surface area (Å²) in [6.07, 6.45) is -1.34. The van der Waals surface area contributed by atoms with Crippen LogP contribution in [0.25, 0.3) is 0 Å². The number of aromatic nitrogens is 2. The lowest BCUT2D eigenvalue weighted by atomic mass is 9.89. The maximum atomic E-state index is 13.9. The van der Waals surface area contributed by atoms with Crippen molar-refractivity contribution in [2.45, 2.75) is 50.5 Å². The van der Waals surface area contributed by atoms with Crippen LogP contribution in [0.4, 0.5) is 19.0 Å². The van der Waals surface area contributed by atoms with E-state index < -0.39 is 18.3 Å². The van der Waals surface area contributed by atoms with Gasteiger partial charge in [-0.15, -0.1) is 0 Å². The maximum absolute atomic E-state index is 13.9. The third-order valence-corrected chi connectivity index (χ3v) is 7.49. The van der Waals surface area contributed by atoms with Crippen molar-refractivity contribution in [2.75, 3.05) is 18.4 Å². The number of carbonyl (C=O) groups is 1. The first kappa shape index (κ1) is 24.8. The zero-order valence-electron chi connectivity index (χ0n) is 19.7. The molecular weight excluding hydrogens is 489 g/mol. The summed E-state index contributed by atoms with van der Waals surface area (Å²) in [6.45, 7) is 2.67. The molecule has 1 saturated heterocycles. The Morgan fingerprint density at radius 1 is 1.06 bits per heavy atom. The van der Waals surface area contributed by atoms with Crippen molar-refractivity contribution >= 4 is 23.2 Å². The maximum Gasteiger partial charge on any atom is 0.410 e. The van der Waals surface area contributed by atoms with Crippen molar-refractivity contribution in [3.63, 3.8) is 0 Å². The highest BCUT2D eigenvalue weighted by Crippen LogP contribution is 2.44. The van der Waals surface area contributed by atoms with E-state index in [1.807, 2.05) is 18.2 Å². The summed E-state index contributed by atoms with van der Waals surface area (Å²) >= 11 is 5.96. The zero-order chi connectivity index (χ0) is 25.3. The molecule has 0 radical (unpaired) electrons. The number of ketones is 1. The van der Waals surface area contributed by atoms with Crippen molar-refractivity contribution < 1.29 is 18.0 Å². The van der Waals surface area contributed by atoms with Gasteiger partial charge in [-0.25, -0.2) is 4.68 Å². The summed E-state index contributed by atoms with van der Waals surface area (Å²) in [4.78, 5) is 15.6. The number of hydrogen-bond donors (Lipinski definition) is 1. The fourth-order valence-electron chi connectivity index (χ4n) is 5.24. The molecule has 2 aliphatic heterocycles. The molecule has 3 aromatic rings. The number of anilines is 1. The molecule has 0 amide bonds. The Hall–Kier alpha value is -2.84. The normalized spacial score (nSPS) is 21.1. The minimum Gasteiger partial charge on any atom is -0.363 e. The number of likely N-dealkylation sites (tertiary alicyclic amines) is 1. The SMILES string of the molecule is O=C(CC1CCN(Cc2ccccc2)CC1)c1cnn2c1NC(c1ccc(Cl)cc1)CC2C(F)(F)F. The minimum absolute atomic E-state index is 0.148. The van der Waals surface area contributed by atoms with Crippen LogP contribution in [0.2, 0.25) is 5.02 Å². The van der Waals surface area contributed by atoms with E-state index in [4.69, 9.17) is 11.6 Å². The van der Waals surface area contributed by atoms with Crippen LogP contribution < -0.4 is 5.32 Å². The van der Waals surface area contributed by atoms with E-state index >= 15 is 0 Å². The average molecular weight is 517 g/mol. The summed E-state index contributed by atoms with van der Waals surface area (Å²) in [7, 11) is 0. The highest BCUT2D eigenvalue weighted by atomic mass is 35.5. The Labute approximate surface area is 213 Å². The molecule has 1 fully saturated rings. The molecule has 2 aromatic carbocycles. The van der Waals surface area contributed by atoms with Gasteiger partial charge in [-0.05, 0) is 55.1 Å². The molecule has 2 aliphatic rings. The van der Waals surface area contributed by atoms with Crippen molar-refractivity contribution in [3.05, 3.63) is 82.5 Å². The topological polar surface area (TPSA) is 50.2 Å². The standard InChI is InChI=1S/C27H28ClF3N4O/c28-21-8-6-20(7-9-21)23-15-25(27(29,30)31)35-26(33-23)22(16-32-35)24(36)14-18-10-12-34(13-11-18)17-19-4-2-1-3-5-19/h1-9,16,18,23,25,33H,10-15,17H2. The number of rotatable bonds is 6. The molecule has 0 bridgehead atoms. The second-order valence-electron chi connectivity index (χ2n) is 9.73. The lowest BCUT2D eigenvalue weighted by Gasteiger charge is -2.34. The molecular formula is C27H28ClF3N4O. The summed E-state index contributed by atoms with van der Waals surface area (Å²) < 4.78 is 42.8. The zero-order valence-corrected chi connectivity index (χ0v) is 20.5. The Bertz CT molecular complexity index is 1190. The number of hydrogen-bond acceptors (Lipinski definition) is 4. The predicted molar refractivity (Wildman–Crippen MR) is 133 cm³/mol. The Morgan fingerprint density at radius 3 is 2.42 bits per heavy atom. The van der Waals surface area contributed by atoms with Crippen molar-refractivity contribution in [2.24, 2.45) is 5.92 Å². The number of fused-ring (bicyclic) bond motifs is 1. The monoisotopic (exact) mass is 516 g/mol. The molecule has 0 spiro atoms. The van der Waals surface area contributed by atoms with Crippen LogP contribution in [0.15, 0.2) is 60.8 Å². The molecule has 1 N–H and O–H groups in total. The van der Waals surface area contributed by atoms with E-state index in [9.17, 15) is 18.0 Å². The number of halogens is 4. The number of carbonyl (C=O) groups excluding carboxylic acids is 1. The van der Waals surface area contributed by atoms with Crippen LogP contribution in [-0.2, 0) is 6.54 Å². The molecule has 0 saturated carbocycles. The average Bonchev–Trinajstić information content (AvgIpc) is 3.29. The summed E-state index contributed by atoms with van der Waals surface area (Å²) in [5.41, 5.74) is 2.18. The van der Waals surface area contributed by atoms with Crippen LogP contribution in [0.1, 0.15) is 59.3 Å². The van der Waals surface area contributed by atoms with Crippen LogP contribution >= 0.6 is 11.6 Å². The molecule has 190 valence electrons. The van der Waals surface area contributed by atoms with Gasteiger partial charge in [-0.1, -0.05) is 54.1 Å². The van der Waals surface area contributed by atoms with Crippen LogP contribution in [0, 0.1) is 5.92 Å². The van der Waals surface area contributed by atoms with Gasteiger partial charge in [0.2, 0.25) is 0 Å². The van der Waals surface area contributed by atoms with E-state index in [1.54, 1.807) is 24.3 Å². The van der Waals surface area contributed by atoms with Crippen molar-refractivity contribution in [1.82, 2.24) is 14.7 Å². The molecule has 1 aromatic heterocycles. The second kappa shape index (κ2) is 10.3. The predicted octanol–water partition coefficient (Wildman–Crippen LogP) is 6.68. The van der Waals surface area contributed by atoms with Gasteiger partial charge in [0.25, 0.3) is 0 Å². The van der Waals surface area contributed by atoms with Gasteiger partial charge in [0.1, 0.15) is 5.82 Å². The lowest BCUT2D eigenvalue weighted by Crippen LogP contribution is -2.36. The molecule has 5 nitrogen and oxygen atoms in total. The first-order valence-electron chi connectivity index (χ1n) is 12.2. The van der Waals surface area contributed by atoms with E-state index in [-0.39, 0.29) is 29.5 Å². The number of nitrogens with zero attached hydrogens (tertiary/aromatic N) is 3. The largest absolute Gasteiger partial charge is 0.410 e. The molecule has 9 heteroatoms. The van der Waals surface area contributed by atoms with Gasteiger partial charge >= 0.3 is 6.18 Å². The first-order valence-corrected chi connectivity index (χ1v) is 12.6. The second-order valence-corrected chi connectivity index (χ2v) is 10.2. The lowest BCUT2D eigenvalue weighted by molar-refractivity contribution is -0.173. The smallest absolute Gasteiger partial charge is 0.363 e. The van der Waals surface area contributed by atoms with Gasteiger partial charge in [0, 0.05) is 24.4 Å². The molecule has 3 heterocycles. The van der Waals surface area contributed by atoms with Crippen LogP contribution in [0.3, 0.4) is 0 Å². The molecule has 5 rings (SSSR count). The fourth-order valence-corrected chi connectivity index (χ4v) is 5.37. The van der Waals surface area contributed by atoms with Crippen LogP contribution in [0.5, 0.6) is 0 Å².